The van der Waals surface area contributed by atoms with Gasteiger partial charge in [0.05, 0.1) is 4.91 Å². The predicted octanol–water partition coefficient (Wildman–Crippen LogP) is -0.974. The minimum Gasteiger partial charge on any atom is -0.285 e. The van der Waals surface area contributed by atoms with E-state index in [2.05, 4.69) is 12.6 Å². The van der Waals surface area contributed by atoms with E-state index in [1.165, 1.54) is 0 Å². The first kappa shape index (κ1) is 7.01. The van der Waals surface area contributed by atoms with Crippen molar-refractivity contribution in [2.24, 2.45) is 0 Å². The first-order valence-corrected chi connectivity index (χ1v) is 2.86. The smallest absolute Gasteiger partial charge is 0.285 e. The number of amides is 2. The van der Waals surface area contributed by atoms with Crippen LogP contribution in [0, 0.1) is 0 Å². The maximum absolute atomic E-state index is 10.5. The van der Waals surface area contributed by atoms with Crippen molar-refractivity contribution < 1.29 is 14.4 Å². The highest BCUT2D eigenvalue weighted by atomic mass is 32.1. The molecule has 2 amide bonds. The molecule has 0 saturated heterocycles. The van der Waals surface area contributed by atoms with Gasteiger partial charge in [0, 0.05) is 6.08 Å². The van der Waals surface area contributed by atoms with E-state index in [9.17, 15) is 14.4 Å². The van der Waals surface area contributed by atoms with Crippen LogP contribution in [0.3, 0.4) is 0 Å². The van der Waals surface area contributed by atoms with Gasteiger partial charge in [0.25, 0.3) is 11.8 Å². The highest BCUT2D eigenvalue weighted by molar-refractivity contribution is 7.85. The second-order valence-corrected chi connectivity index (χ2v) is 2.16. The number of carbonyl (C=O) groups is 3. The maximum Gasteiger partial charge on any atom is 0.298 e. The summed E-state index contributed by atoms with van der Waals surface area (Å²) in [6.07, 6.45) is 0.893. The minimum atomic E-state index is -0.900. The second kappa shape index (κ2) is 2.26. The number of thiol groups is 1. The summed E-state index contributed by atoms with van der Waals surface area (Å²) >= 11 is 3.63. The van der Waals surface area contributed by atoms with E-state index in [-0.39, 0.29) is 4.91 Å². The molecule has 0 bridgehead atoms. The molecule has 10 heavy (non-hydrogen) atoms. The van der Waals surface area contributed by atoms with E-state index in [1.807, 2.05) is 0 Å². The molecule has 1 heterocycles. The Balaban J connectivity index is 3.01. The Labute approximate surface area is 61.7 Å². The first-order valence-electron chi connectivity index (χ1n) is 2.41. The number of hydrogen-bond donors (Lipinski definition) is 2. The van der Waals surface area contributed by atoms with Crippen LogP contribution in [0.1, 0.15) is 0 Å². The molecule has 4 nitrogen and oxygen atoms in total. The van der Waals surface area contributed by atoms with E-state index >= 15 is 0 Å². The molecule has 0 radical (unpaired) electrons. The summed E-state index contributed by atoms with van der Waals surface area (Å²) in [4.78, 5) is 31.3. The largest absolute Gasteiger partial charge is 0.298 e. The number of hydrogen-bond acceptors (Lipinski definition) is 4. The van der Waals surface area contributed by atoms with Crippen molar-refractivity contribution in [3.05, 3.63) is 11.0 Å². The second-order valence-electron chi connectivity index (χ2n) is 1.68. The molecule has 0 aliphatic carbocycles. The highest BCUT2D eigenvalue weighted by Gasteiger charge is 2.22. The third-order valence-corrected chi connectivity index (χ3v) is 1.28. The summed E-state index contributed by atoms with van der Waals surface area (Å²) in [5, 5.41) is 1.81. The average molecular weight is 157 g/mol. The van der Waals surface area contributed by atoms with E-state index < -0.39 is 17.6 Å². The van der Waals surface area contributed by atoms with Crippen molar-refractivity contribution >= 4 is 30.2 Å². The van der Waals surface area contributed by atoms with E-state index in [1.54, 1.807) is 5.32 Å². The van der Waals surface area contributed by atoms with Crippen molar-refractivity contribution in [2.75, 3.05) is 0 Å². The van der Waals surface area contributed by atoms with Crippen LogP contribution in [0.5, 0.6) is 0 Å². The molecular formula is C5H3NO3S. The van der Waals surface area contributed by atoms with E-state index in [4.69, 9.17) is 0 Å². The predicted molar refractivity (Wildman–Crippen MR) is 35.2 cm³/mol. The zero-order chi connectivity index (χ0) is 7.72. The van der Waals surface area contributed by atoms with Gasteiger partial charge in [-0.15, -0.1) is 12.6 Å². The SMILES string of the molecule is O=C1C=C(S)C(=O)NC1=O. The number of imide groups is 1. The van der Waals surface area contributed by atoms with Gasteiger partial charge >= 0.3 is 0 Å². The molecule has 1 N–H and O–H groups in total. The summed E-state index contributed by atoms with van der Waals surface area (Å²) in [7, 11) is 0. The quantitative estimate of drug-likeness (QED) is 0.270. The van der Waals surface area contributed by atoms with Gasteiger partial charge in [-0.25, -0.2) is 0 Å². The fraction of sp³-hybridized carbons (Fsp3) is 0. The summed E-state index contributed by atoms with van der Waals surface area (Å²) in [6.45, 7) is 0. The molecule has 5 heteroatoms. The van der Waals surface area contributed by atoms with Crippen LogP contribution in [-0.2, 0) is 14.4 Å². The van der Waals surface area contributed by atoms with Crippen molar-refractivity contribution in [2.45, 2.75) is 0 Å². The number of carbonyl (C=O) groups excluding carboxylic acids is 3. The summed E-state index contributed by atoms with van der Waals surface area (Å²) in [5.41, 5.74) is 0. The molecule has 0 spiro atoms. The number of rotatable bonds is 0. The fourth-order valence-corrected chi connectivity index (χ4v) is 0.657. The van der Waals surface area contributed by atoms with Crippen LogP contribution >= 0.6 is 12.6 Å². The van der Waals surface area contributed by atoms with Crippen LogP contribution in [-0.4, -0.2) is 17.6 Å². The van der Waals surface area contributed by atoms with Crippen molar-refractivity contribution in [1.82, 2.24) is 5.32 Å². The fourth-order valence-electron chi connectivity index (χ4n) is 0.484. The van der Waals surface area contributed by atoms with Crippen molar-refractivity contribution in [3.8, 4) is 0 Å². The third kappa shape index (κ3) is 1.08. The summed E-state index contributed by atoms with van der Waals surface area (Å²) in [6, 6.07) is 0. The lowest BCUT2D eigenvalue weighted by Crippen LogP contribution is -2.39. The monoisotopic (exact) mass is 157 g/mol. The van der Waals surface area contributed by atoms with Crippen LogP contribution in [0.15, 0.2) is 11.0 Å². The summed E-state index contributed by atoms with van der Waals surface area (Å²) < 4.78 is 0. The topological polar surface area (TPSA) is 63.2 Å². The molecule has 1 rings (SSSR count). The Morgan fingerprint density at radius 2 is 1.80 bits per heavy atom. The number of nitrogens with one attached hydrogen (secondary N) is 1. The third-order valence-electron chi connectivity index (χ3n) is 0.951. The molecule has 0 saturated carbocycles. The van der Waals surface area contributed by atoms with E-state index in [0.717, 1.165) is 6.08 Å². The summed E-state index contributed by atoms with van der Waals surface area (Å²) in [5.74, 6) is -2.28. The molecule has 0 aromatic heterocycles. The van der Waals surface area contributed by atoms with Gasteiger partial charge in [-0.2, -0.15) is 0 Å². The van der Waals surface area contributed by atoms with Crippen molar-refractivity contribution in [3.63, 3.8) is 0 Å². The molecule has 0 fully saturated rings. The van der Waals surface area contributed by atoms with E-state index in [0.29, 0.717) is 0 Å². The Morgan fingerprint density at radius 3 is 2.30 bits per heavy atom. The average Bonchev–Trinajstić information content (AvgIpc) is 1.84. The van der Waals surface area contributed by atoms with Crippen LogP contribution in [0.2, 0.25) is 0 Å². The molecule has 1 aliphatic heterocycles. The number of ketones is 1. The normalized spacial score (nSPS) is 18.5. The lowest BCUT2D eigenvalue weighted by molar-refractivity contribution is -0.138. The molecule has 52 valence electrons. The lowest BCUT2D eigenvalue weighted by atomic mass is 10.2. The molecule has 0 atom stereocenters. The van der Waals surface area contributed by atoms with Gasteiger partial charge in [0.2, 0.25) is 5.78 Å². The lowest BCUT2D eigenvalue weighted by Gasteiger charge is -2.05. The van der Waals surface area contributed by atoms with Gasteiger partial charge < -0.3 is 0 Å². The molecule has 1 aliphatic rings. The Bertz CT molecular complexity index is 256. The van der Waals surface area contributed by atoms with Gasteiger partial charge in [0.1, 0.15) is 0 Å². The van der Waals surface area contributed by atoms with Gasteiger partial charge in [-0.1, -0.05) is 0 Å². The standard InChI is InChI=1S/C5H3NO3S/c7-2-1-3(10)5(9)6-4(2)8/h1,10H,(H,6,8,9). The van der Waals surface area contributed by atoms with Gasteiger partial charge in [0.15, 0.2) is 0 Å². The van der Waals surface area contributed by atoms with Crippen LogP contribution < -0.4 is 5.32 Å². The Kier molecular flexibility index (Phi) is 1.58. The Morgan fingerprint density at radius 1 is 1.20 bits per heavy atom. The maximum atomic E-state index is 10.5. The molecule has 0 unspecified atom stereocenters. The molecule has 0 aromatic carbocycles. The molecular weight excluding hydrogens is 154 g/mol. The van der Waals surface area contributed by atoms with Crippen molar-refractivity contribution in [1.29, 1.82) is 0 Å². The zero-order valence-electron chi connectivity index (χ0n) is 4.75. The first-order chi connectivity index (χ1) is 4.61. The Hall–Kier alpha value is -1.10. The zero-order valence-corrected chi connectivity index (χ0v) is 5.64. The van der Waals surface area contributed by atoms with Crippen LogP contribution in [0.25, 0.3) is 0 Å². The van der Waals surface area contributed by atoms with Crippen LogP contribution in [0.4, 0.5) is 0 Å². The van der Waals surface area contributed by atoms with Gasteiger partial charge in [-0.3, -0.25) is 19.7 Å². The minimum absolute atomic E-state index is 0.0374. The highest BCUT2D eigenvalue weighted by Crippen LogP contribution is 2.04. The molecule has 0 aromatic rings. The van der Waals surface area contributed by atoms with Gasteiger partial charge in [-0.05, 0) is 0 Å².